The Balaban J connectivity index is 2.18. The van der Waals surface area contributed by atoms with Gasteiger partial charge in [-0.3, -0.25) is 0 Å². The predicted octanol–water partition coefficient (Wildman–Crippen LogP) is 4.99. The molecule has 5 heteroatoms. The Morgan fingerprint density at radius 2 is 2.00 bits per heavy atom. The second-order valence-corrected chi connectivity index (χ2v) is 7.56. The number of halogens is 2. The zero-order valence-electron chi connectivity index (χ0n) is 11.8. The van der Waals surface area contributed by atoms with Crippen molar-refractivity contribution in [1.82, 2.24) is 4.98 Å². The van der Waals surface area contributed by atoms with E-state index in [-0.39, 0.29) is 11.5 Å². The molecule has 0 spiro atoms. The van der Waals surface area contributed by atoms with Gasteiger partial charge < -0.3 is 5.73 Å². The summed E-state index contributed by atoms with van der Waals surface area (Å²) >= 11 is 13.9. The molecule has 20 heavy (non-hydrogen) atoms. The fraction of sp³-hybridized carbons (Fsp3) is 0.400. The fourth-order valence-corrected chi connectivity index (χ4v) is 3.38. The van der Waals surface area contributed by atoms with Gasteiger partial charge in [0.2, 0.25) is 0 Å². The van der Waals surface area contributed by atoms with E-state index in [2.05, 4.69) is 31.1 Å². The van der Waals surface area contributed by atoms with Crippen LogP contribution in [-0.4, -0.2) is 4.98 Å². The van der Waals surface area contributed by atoms with Crippen LogP contribution in [0.2, 0.25) is 10.0 Å². The number of thiazole rings is 1. The first-order valence-corrected chi connectivity index (χ1v) is 8.07. The summed E-state index contributed by atoms with van der Waals surface area (Å²) in [5, 5.41) is 4.20. The molecule has 0 amide bonds. The first kappa shape index (κ1) is 15.8. The Labute approximate surface area is 133 Å². The summed E-state index contributed by atoms with van der Waals surface area (Å²) in [6.45, 7) is 6.46. The molecule has 0 saturated heterocycles. The smallest absolute Gasteiger partial charge is 0.0947 e. The second-order valence-electron chi connectivity index (χ2n) is 5.83. The minimum absolute atomic E-state index is 0.0620. The fourth-order valence-electron chi connectivity index (χ4n) is 1.85. The van der Waals surface area contributed by atoms with Gasteiger partial charge >= 0.3 is 0 Å². The molecule has 1 unspecified atom stereocenters. The summed E-state index contributed by atoms with van der Waals surface area (Å²) in [4.78, 5) is 4.66. The van der Waals surface area contributed by atoms with E-state index in [1.807, 2.05) is 12.1 Å². The Bertz CT molecular complexity index is 602. The van der Waals surface area contributed by atoms with Gasteiger partial charge in [0.05, 0.1) is 20.7 Å². The highest BCUT2D eigenvalue weighted by Crippen LogP contribution is 2.31. The predicted molar refractivity (Wildman–Crippen MR) is 87.9 cm³/mol. The van der Waals surface area contributed by atoms with E-state index >= 15 is 0 Å². The number of benzene rings is 1. The minimum atomic E-state index is -0.194. The van der Waals surface area contributed by atoms with Crippen molar-refractivity contribution >= 4 is 34.5 Å². The van der Waals surface area contributed by atoms with Crippen LogP contribution < -0.4 is 5.73 Å². The van der Waals surface area contributed by atoms with Crippen LogP contribution in [0.5, 0.6) is 0 Å². The molecule has 1 atom stereocenters. The highest BCUT2D eigenvalue weighted by Gasteiger charge is 2.19. The monoisotopic (exact) mass is 328 g/mol. The molecular weight excluding hydrogens is 311 g/mol. The Morgan fingerprint density at radius 1 is 1.30 bits per heavy atom. The minimum Gasteiger partial charge on any atom is -0.324 e. The van der Waals surface area contributed by atoms with Crippen molar-refractivity contribution in [3.05, 3.63) is 49.9 Å². The SMILES string of the molecule is CC(C)(C)c1csc(CC(N)c2cccc(Cl)c2Cl)n1. The van der Waals surface area contributed by atoms with E-state index in [1.165, 1.54) is 0 Å². The molecule has 0 bridgehead atoms. The number of rotatable bonds is 3. The molecule has 2 aromatic rings. The molecule has 1 aromatic carbocycles. The van der Waals surface area contributed by atoms with Crippen molar-refractivity contribution in [2.75, 3.05) is 0 Å². The van der Waals surface area contributed by atoms with Crippen molar-refractivity contribution in [3.8, 4) is 0 Å². The van der Waals surface area contributed by atoms with Crippen LogP contribution in [-0.2, 0) is 11.8 Å². The van der Waals surface area contributed by atoms with Gasteiger partial charge in [0.25, 0.3) is 0 Å². The van der Waals surface area contributed by atoms with Gasteiger partial charge in [-0.1, -0.05) is 56.1 Å². The summed E-state index contributed by atoms with van der Waals surface area (Å²) in [7, 11) is 0. The van der Waals surface area contributed by atoms with Crippen LogP contribution in [0.25, 0.3) is 0 Å². The van der Waals surface area contributed by atoms with E-state index in [0.29, 0.717) is 16.5 Å². The lowest BCUT2D eigenvalue weighted by Crippen LogP contribution is -2.15. The van der Waals surface area contributed by atoms with Gasteiger partial charge in [0.15, 0.2) is 0 Å². The molecule has 0 saturated carbocycles. The van der Waals surface area contributed by atoms with Gasteiger partial charge in [0.1, 0.15) is 0 Å². The summed E-state index contributed by atoms with van der Waals surface area (Å²) in [6.07, 6.45) is 0.667. The van der Waals surface area contributed by atoms with E-state index < -0.39 is 0 Å². The van der Waals surface area contributed by atoms with Gasteiger partial charge in [-0.15, -0.1) is 11.3 Å². The van der Waals surface area contributed by atoms with Crippen LogP contribution >= 0.6 is 34.5 Å². The number of nitrogens with zero attached hydrogens (tertiary/aromatic N) is 1. The summed E-state index contributed by atoms with van der Waals surface area (Å²) in [5.74, 6) is 0. The van der Waals surface area contributed by atoms with Crippen molar-refractivity contribution in [2.45, 2.75) is 38.6 Å². The van der Waals surface area contributed by atoms with Crippen LogP contribution in [0, 0.1) is 0 Å². The van der Waals surface area contributed by atoms with Gasteiger partial charge in [-0.2, -0.15) is 0 Å². The van der Waals surface area contributed by atoms with Crippen LogP contribution in [0.1, 0.15) is 43.1 Å². The lowest BCUT2D eigenvalue weighted by molar-refractivity contribution is 0.569. The standard InChI is InChI=1S/C15H18Cl2N2S/c1-15(2,3)12-8-20-13(19-12)7-11(18)9-5-4-6-10(16)14(9)17/h4-6,8,11H,7,18H2,1-3H3. The lowest BCUT2D eigenvalue weighted by atomic mass is 9.93. The quantitative estimate of drug-likeness (QED) is 0.861. The maximum absolute atomic E-state index is 6.24. The van der Waals surface area contributed by atoms with Gasteiger partial charge in [-0.25, -0.2) is 4.98 Å². The summed E-state index contributed by atoms with van der Waals surface area (Å²) in [6, 6.07) is 5.35. The first-order chi connectivity index (χ1) is 9.29. The third-order valence-corrected chi connectivity index (χ3v) is 4.80. The van der Waals surface area contributed by atoms with Gasteiger partial charge in [-0.05, 0) is 11.6 Å². The molecule has 108 valence electrons. The molecule has 2 N–H and O–H groups in total. The third-order valence-electron chi connectivity index (χ3n) is 3.10. The first-order valence-electron chi connectivity index (χ1n) is 6.43. The average molecular weight is 329 g/mol. The van der Waals surface area contributed by atoms with Crippen LogP contribution in [0.3, 0.4) is 0 Å². The molecule has 0 aliphatic carbocycles. The number of aromatic nitrogens is 1. The lowest BCUT2D eigenvalue weighted by Gasteiger charge is -2.15. The van der Waals surface area contributed by atoms with E-state index in [0.717, 1.165) is 16.3 Å². The number of hydrogen-bond acceptors (Lipinski definition) is 3. The average Bonchev–Trinajstić information content (AvgIpc) is 2.81. The molecule has 0 aliphatic heterocycles. The largest absolute Gasteiger partial charge is 0.324 e. The zero-order chi connectivity index (χ0) is 14.9. The molecular formula is C15H18Cl2N2S. The van der Waals surface area contributed by atoms with Crippen LogP contribution in [0.15, 0.2) is 23.6 Å². The molecule has 0 fully saturated rings. The van der Waals surface area contributed by atoms with E-state index in [1.54, 1.807) is 17.4 Å². The molecule has 2 rings (SSSR count). The maximum atomic E-state index is 6.24. The van der Waals surface area contributed by atoms with E-state index in [9.17, 15) is 0 Å². The Kier molecular flexibility index (Phi) is 4.75. The second kappa shape index (κ2) is 6.02. The molecule has 1 aromatic heterocycles. The number of hydrogen-bond donors (Lipinski definition) is 1. The molecule has 0 radical (unpaired) electrons. The van der Waals surface area contributed by atoms with Crippen LogP contribution in [0.4, 0.5) is 0 Å². The molecule has 0 aliphatic rings. The van der Waals surface area contributed by atoms with Crippen molar-refractivity contribution < 1.29 is 0 Å². The Hall–Kier alpha value is -0.610. The van der Waals surface area contributed by atoms with Gasteiger partial charge in [0, 0.05) is 23.3 Å². The summed E-state index contributed by atoms with van der Waals surface area (Å²) in [5.41, 5.74) is 8.27. The van der Waals surface area contributed by atoms with E-state index in [4.69, 9.17) is 28.9 Å². The van der Waals surface area contributed by atoms with Crippen molar-refractivity contribution in [1.29, 1.82) is 0 Å². The summed E-state index contributed by atoms with van der Waals surface area (Å²) < 4.78 is 0. The zero-order valence-corrected chi connectivity index (χ0v) is 14.1. The molecule has 1 heterocycles. The highest BCUT2D eigenvalue weighted by atomic mass is 35.5. The normalized spacial score (nSPS) is 13.5. The molecule has 2 nitrogen and oxygen atoms in total. The van der Waals surface area contributed by atoms with Crippen molar-refractivity contribution in [3.63, 3.8) is 0 Å². The topological polar surface area (TPSA) is 38.9 Å². The Morgan fingerprint density at radius 3 is 2.60 bits per heavy atom. The highest BCUT2D eigenvalue weighted by molar-refractivity contribution is 7.09. The third kappa shape index (κ3) is 3.53. The van der Waals surface area contributed by atoms with Crippen molar-refractivity contribution in [2.24, 2.45) is 5.73 Å². The maximum Gasteiger partial charge on any atom is 0.0947 e. The number of nitrogens with two attached hydrogens (primary N) is 1.